The van der Waals surface area contributed by atoms with Gasteiger partial charge in [0.15, 0.2) is 11.6 Å². The summed E-state index contributed by atoms with van der Waals surface area (Å²) in [6, 6.07) is 1.14. The molecule has 0 bridgehead atoms. The van der Waals surface area contributed by atoms with Crippen LogP contribution >= 0.6 is 0 Å². The molecule has 1 unspecified atom stereocenters. The third-order valence-electron chi connectivity index (χ3n) is 3.60. The quantitative estimate of drug-likeness (QED) is 0.589. The molecule has 0 fully saturated rings. The lowest BCUT2D eigenvalue weighted by atomic mass is 9.86. The number of carbonyl (C=O) groups excluding carboxylic acids is 2. The maximum Gasteiger partial charge on any atom is 0.193 e. The molecule has 5 nitrogen and oxygen atoms in total. The molecule has 1 atom stereocenters. The van der Waals surface area contributed by atoms with Gasteiger partial charge in [-0.05, 0) is 39.3 Å². The first-order valence-corrected chi connectivity index (χ1v) is 6.91. The molecule has 1 aliphatic carbocycles. The number of rotatable bonds is 3. The van der Waals surface area contributed by atoms with E-state index in [9.17, 15) is 24.9 Å². The van der Waals surface area contributed by atoms with E-state index < -0.39 is 29.2 Å². The summed E-state index contributed by atoms with van der Waals surface area (Å²) in [7, 11) is 0. The predicted molar refractivity (Wildman–Crippen MR) is 81.2 cm³/mol. The standard InChI is InChI=1S/C17H18O5/c1-8(2)4-5-11(18)10-7-13(20)14-15(17(10)22)12(19)6-9(3)16(14)21/h4,6-7,11,18,20,22H,5H2,1-3H3. The van der Waals surface area contributed by atoms with Gasteiger partial charge in [0, 0.05) is 11.1 Å². The van der Waals surface area contributed by atoms with Crippen molar-refractivity contribution in [1.29, 1.82) is 0 Å². The lowest BCUT2D eigenvalue weighted by molar-refractivity contribution is 0.0978. The van der Waals surface area contributed by atoms with Gasteiger partial charge in [-0.25, -0.2) is 0 Å². The molecule has 116 valence electrons. The van der Waals surface area contributed by atoms with Gasteiger partial charge in [-0.15, -0.1) is 0 Å². The molecule has 1 aromatic rings. The molecule has 0 aromatic heterocycles. The predicted octanol–water partition coefficient (Wildman–Crippen LogP) is 2.81. The third kappa shape index (κ3) is 2.67. The lowest BCUT2D eigenvalue weighted by Gasteiger charge is -2.20. The number of aliphatic hydroxyl groups is 1. The van der Waals surface area contributed by atoms with Crippen LogP contribution < -0.4 is 0 Å². The number of benzene rings is 1. The zero-order valence-corrected chi connectivity index (χ0v) is 12.7. The molecule has 1 aromatic carbocycles. The van der Waals surface area contributed by atoms with E-state index >= 15 is 0 Å². The Bertz CT molecular complexity index is 721. The average molecular weight is 302 g/mol. The number of carbonyl (C=O) groups is 2. The van der Waals surface area contributed by atoms with Crippen LogP contribution in [0.15, 0.2) is 29.4 Å². The second-order valence-corrected chi connectivity index (χ2v) is 5.64. The van der Waals surface area contributed by atoms with E-state index in [1.54, 1.807) is 6.08 Å². The van der Waals surface area contributed by atoms with E-state index in [2.05, 4.69) is 0 Å². The van der Waals surface area contributed by atoms with Gasteiger partial charge >= 0.3 is 0 Å². The van der Waals surface area contributed by atoms with Gasteiger partial charge in [0.2, 0.25) is 0 Å². The second kappa shape index (κ2) is 5.77. The van der Waals surface area contributed by atoms with Crippen molar-refractivity contribution in [3.63, 3.8) is 0 Å². The van der Waals surface area contributed by atoms with E-state index in [0.717, 1.165) is 17.7 Å². The van der Waals surface area contributed by atoms with Crippen LogP contribution in [0.5, 0.6) is 11.5 Å². The molecule has 3 N–H and O–H groups in total. The molecular weight excluding hydrogens is 284 g/mol. The molecule has 0 saturated heterocycles. The van der Waals surface area contributed by atoms with E-state index in [1.165, 1.54) is 6.92 Å². The van der Waals surface area contributed by atoms with Crippen molar-refractivity contribution in [1.82, 2.24) is 0 Å². The van der Waals surface area contributed by atoms with Gasteiger partial charge < -0.3 is 15.3 Å². The first kappa shape index (κ1) is 16.0. The summed E-state index contributed by atoms with van der Waals surface area (Å²) in [5, 5.41) is 30.5. The fourth-order valence-corrected chi connectivity index (χ4v) is 2.41. The van der Waals surface area contributed by atoms with Gasteiger partial charge in [0.05, 0.1) is 17.2 Å². The second-order valence-electron chi connectivity index (χ2n) is 5.64. The van der Waals surface area contributed by atoms with Gasteiger partial charge in [0.25, 0.3) is 0 Å². The van der Waals surface area contributed by atoms with Gasteiger partial charge in [-0.1, -0.05) is 11.6 Å². The molecule has 5 heteroatoms. The molecule has 0 amide bonds. The van der Waals surface area contributed by atoms with Crippen molar-refractivity contribution in [3.8, 4) is 11.5 Å². The molecular formula is C17H18O5. The normalized spacial score (nSPS) is 15.2. The highest BCUT2D eigenvalue weighted by atomic mass is 16.3. The molecule has 2 rings (SSSR count). The van der Waals surface area contributed by atoms with Crippen molar-refractivity contribution in [2.45, 2.75) is 33.3 Å². The van der Waals surface area contributed by atoms with Crippen LogP contribution in [-0.2, 0) is 0 Å². The number of phenols is 2. The number of hydrogen-bond donors (Lipinski definition) is 3. The first-order valence-electron chi connectivity index (χ1n) is 6.91. The minimum atomic E-state index is -1.08. The van der Waals surface area contributed by atoms with Gasteiger partial charge in [-0.2, -0.15) is 0 Å². The summed E-state index contributed by atoms with van der Waals surface area (Å²) >= 11 is 0. The zero-order chi connectivity index (χ0) is 16.6. The third-order valence-corrected chi connectivity index (χ3v) is 3.60. The highest BCUT2D eigenvalue weighted by Gasteiger charge is 2.32. The van der Waals surface area contributed by atoms with E-state index in [4.69, 9.17) is 0 Å². The van der Waals surface area contributed by atoms with Gasteiger partial charge in [0.1, 0.15) is 11.5 Å². The number of fused-ring (bicyclic) bond motifs is 1. The van der Waals surface area contributed by atoms with E-state index in [0.29, 0.717) is 0 Å². The maximum absolute atomic E-state index is 12.1. The monoisotopic (exact) mass is 302 g/mol. The minimum absolute atomic E-state index is 0.0304. The van der Waals surface area contributed by atoms with E-state index in [1.807, 2.05) is 13.8 Å². The minimum Gasteiger partial charge on any atom is -0.507 e. The Morgan fingerprint density at radius 1 is 1.23 bits per heavy atom. The van der Waals surface area contributed by atoms with Crippen molar-refractivity contribution >= 4 is 11.6 Å². The number of aliphatic hydroxyl groups excluding tert-OH is 1. The Labute approximate surface area is 128 Å². The highest BCUT2D eigenvalue weighted by Crippen LogP contribution is 2.40. The SMILES string of the molecule is CC(C)=CCC(O)c1cc(O)c2c(c1O)C(=O)C=C(C)C2=O. The molecule has 0 spiro atoms. The van der Waals surface area contributed by atoms with Crippen LogP contribution in [0.3, 0.4) is 0 Å². The van der Waals surface area contributed by atoms with Crippen molar-refractivity contribution < 1.29 is 24.9 Å². The summed E-state index contributed by atoms with van der Waals surface area (Å²) in [5.41, 5.74) is 0.765. The number of hydrogen-bond acceptors (Lipinski definition) is 5. The summed E-state index contributed by atoms with van der Waals surface area (Å²) in [4.78, 5) is 24.1. The number of phenolic OH excluding ortho intramolecular Hbond substituents is 2. The molecule has 0 radical (unpaired) electrons. The number of Topliss-reactive ketones (excluding diaryl/α,β-unsaturated/α-hetero) is 1. The van der Waals surface area contributed by atoms with Crippen molar-refractivity contribution in [3.05, 3.63) is 46.1 Å². The summed E-state index contributed by atoms with van der Waals surface area (Å²) in [5.74, 6) is -1.93. The number of allylic oxidation sites excluding steroid dienone is 3. The summed E-state index contributed by atoms with van der Waals surface area (Å²) in [6.07, 6.45) is 2.04. The molecule has 0 heterocycles. The van der Waals surface area contributed by atoms with Crippen LogP contribution in [0.1, 0.15) is 59.6 Å². The Balaban J connectivity index is 2.58. The molecule has 1 aliphatic rings. The smallest absolute Gasteiger partial charge is 0.193 e. The Hall–Kier alpha value is -2.40. The molecule has 22 heavy (non-hydrogen) atoms. The van der Waals surface area contributed by atoms with Crippen molar-refractivity contribution in [2.75, 3.05) is 0 Å². The Morgan fingerprint density at radius 3 is 2.45 bits per heavy atom. The topological polar surface area (TPSA) is 94.8 Å². The van der Waals surface area contributed by atoms with Gasteiger partial charge in [-0.3, -0.25) is 9.59 Å². The fraction of sp³-hybridized carbons (Fsp3) is 0.294. The molecule has 0 aliphatic heterocycles. The number of aromatic hydroxyl groups is 2. The first-order chi connectivity index (χ1) is 10.2. The molecule has 0 saturated carbocycles. The van der Waals surface area contributed by atoms with Crippen molar-refractivity contribution in [2.24, 2.45) is 0 Å². The largest absolute Gasteiger partial charge is 0.507 e. The van der Waals surface area contributed by atoms with E-state index in [-0.39, 0.29) is 28.7 Å². The lowest BCUT2D eigenvalue weighted by Crippen LogP contribution is -2.17. The van der Waals surface area contributed by atoms with Crippen LogP contribution in [0.2, 0.25) is 0 Å². The average Bonchev–Trinajstić information content (AvgIpc) is 2.44. The van der Waals surface area contributed by atoms with Crippen LogP contribution in [0.4, 0.5) is 0 Å². The van der Waals surface area contributed by atoms with Crippen LogP contribution in [-0.4, -0.2) is 26.9 Å². The summed E-state index contributed by atoms with van der Waals surface area (Å²) < 4.78 is 0. The number of ketones is 2. The van der Waals surface area contributed by atoms with Crippen LogP contribution in [0.25, 0.3) is 0 Å². The highest BCUT2D eigenvalue weighted by molar-refractivity contribution is 6.26. The Kier molecular flexibility index (Phi) is 4.19. The fourth-order valence-electron chi connectivity index (χ4n) is 2.41. The van der Waals surface area contributed by atoms with Crippen LogP contribution in [0, 0.1) is 0 Å². The maximum atomic E-state index is 12.1. The summed E-state index contributed by atoms with van der Waals surface area (Å²) in [6.45, 7) is 5.20. The zero-order valence-electron chi connectivity index (χ0n) is 12.7. The Morgan fingerprint density at radius 2 is 1.86 bits per heavy atom.